The van der Waals surface area contributed by atoms with Crippen molar-refractivity contribution in [2.45, 2.75) is 19.8 Å². The van der Waals surface area contributed by atoms with Gasteiger partial charge in [0.05, 0.1) is 0 Å². The van der Waals surface area contributed by atoms with Crippen molar-refractivity contribution >= 4 is 5.91 Å². The molecule has 0 saturated carbocycles. The number of carbonyl (C=O) groups is 1. The number of aromatic nitrogens is 3. The number of ether oxygens (including phenoxy) is 1. The second kappa shape index (κ2) is 6.13. The highest BCUT2D eigenvalue weighted by Gasteiger charge is 2.09. The number of hydrogen-bond acceptors (Lipinski definition) is 4. The fraction of sp³-hybridized carbons (Fsp3) is 0.667. The lowest BCUT2D eigenvalue weighted by Crippen LogP contribution is -2.25. The number of H-pyrrole nitrogens is 1. The minimum atomic E-state index is -0.239. The molecular weight excluding hydrogens is 196 g/mol. The number of carbonyl (C=O) groups excluding carboxylic acids is 1. The van der Waals surface area contributed by atoms with Gasteiger partial charge in [-0.15, -0.1) is 5.10 Å². The summed E-state index contributed by atoms with van der Waals surface area (Å²) in [6, 6.07) is 0. The maximum Gasteiger partial charge on any atom is 0.290 e. The average Bonchev–Trinajstić information content (AvgIpc) is 2.64. The van der Waals surface area contributed by atoms with E-state index in [2.05, 4.69) is 20.5 Å². The molecular formula is C9H16N4O2. The van der Waals surface area contributed by atoms with Crippen LogP contribution >= 0.6 is 0 Å². The Morgan fingerprint density at radius 3 is 2.93 bits per heavy atom. The topological polar surface area (TPSA) is 79.9 Å². The van der Waals surface area contributed by atoms with E-state index in [0.29, 0.717) is 12.4 Å². The Labute approximate surface area is 88.4 Å². The molecule has 1 aromatic rings. The van der Waals surface area contributed by atoms with Crippen molar-refractivity contribution in [1.29, 1.82) is 0 Å². The van der Waals surface area contributed by atoms with Gasteiger partial charge in [0.2, 0.25) is 5.82 Å². The number of unbranched alkanes of at least 4 members (excludes halogenated alkanes) is 1. The molecule has 1 rings (SSSR count). The Kier molecular flexibility index (Phi) is 4.76. The summed E-state index contributed by atoms with van der Waals surface area (Å²) in [6.07, 6.45) is 1.83. The Morgan fingerprint density at radius 2 is 2.33 bits per heavy atom. The zero-order chi connectivity index (χ0) is 11.1. The minimum absolute atomic E-state index is 0.194. The molecule has 0 aromatic carbocycles. The van der Waals surface area contributed by atoms with Gasteiger partial charge in [0.1, 0.15) is 5.82 Å². The van der Waals surface area contributed by atoms with Crippen LogP contribution in [0.3, 0.4) is 0 Å². The quantitative estimate of drug-likeness (QED) is 0.663. The molecule has 1 aromatic heterocycles. The average molecular weight is 212 g/mol. The van der Waals surface area contributed by atoms with E-state index in [4.69, 9.17) is 4.74 Å². The lowest BCUT2D eigenvalue weighted by molar-refractivity contribution is 0.0941. The van der Waals surface area contributed by atoms with E-state index < -0.39 is 0 Å². The zero-order valence-corrected chi connectivity index (χ0v) is 9.04. The van der Waals surface area contributed by atoms with Gasteiger partial charge in [-0.1, -0.05) is 0 Å². The monoisotopic (exact) mass is 212 g/mol. The van der Waals surface area contributed by atoms with E-state index in [-0.39, 0.29) is 11.7 Å². The highest BCUT2D eigenvalue weighted by Crippen LogP contribution is 1.91. The van der Waals surface area contributed by atoms with Crippen LogP contribution in [0.1, 0.15) is 29.3 Å². The molecule has 0 aliphatic heterocycles. The molecule has 0 saturated heterocycles. The number of amides is 1. The van der Waals surface area contributed by atoms with Crippen LogP contribution in [-0.2, 0) is 4.74 Å². The van der Waals surface area contributed by atoms with Crippen molar-refractivity contribution in [3.63, 3.8) is 0 Å². The summed E-state index contributed by atoms with van der Waals surface area (Å²) >= 11 is 0. The number of aromatic amines is 1. The van der Waals surface area contributed by atoms with Crippen molar-refractivity contribution in [3.05, 3.63) is 11.6 Å². The van der Waals surface area contributed by atoms with E-state index in [0.717, 1.165) is 19.4 Å². The summed E-state index contributed by atoms with van der Waals surface area (Å²) in [5, 5.41) is 9.11. The van der Waals surface area contributed by atoms with Gasteiger partial charge < -0.3 is 10.1 Å². The molecule has 6 heteroatoms. The molecule has 6 nitrogen and oxygen atoms in total. The maximum absolute atomic E-state index is 11.4. The first-order valence-corrected chi connectivity index (χ1v) is 4.90. The number of rotatable bonds is 6. The fourth-order valence-corrected chi connectivity index (χ4v) is 1.10. The Bertz CT molecular complexity index is 311. The number of nitrogens with one attached hydrogen (secondary N) is 2. The lowest BCUT2D eigenvalue weighted by Gasteiger charge is -2.01. The fourth-order valence-electron chi connectivity index (χ4n) is 1.10. The largest absolute Gasteiger partial charge is 0.385 e. The van der Waals surface area contributed by atoms with E-state index in [1.807, 2.05) is 0 Å². The predicted molar refractivity (Wildman–Crippen MR) is 54.6 cm³/mol. The second-order valence-electron chi connectivity index (χ2n) is 3.20. The number of methoxy groups -OCH3 is 1. The third-order valence-electron chi connectivity index (χ3n) is 1.86. The summed E-state index contributed by atoms with van der Waals surface area (Å²) in [5.74, 6) is 0.593. The first-order valence-electron chi connectivity index (χ1n) is 4.90. The standard InChI is InChI=1S/C9H16N4O2/c1-7-11-8(13-12-7)9(14)10-5-3-4-6-15-2/h3-6H2,1-2H3,(H,10,14)(H,11,12,13). The van der Waals surface area contributed by atoms with Gasteiger partial charge in [-0.2, -0.15) is 0 Å². The van der Waals surface area contributed by atoms with Crippen molar-refractivity contribution in [2.75, 3.05) is 20.3 Å². The van der Waals surface area contributed by atoms with Crippen LogP contribution in [-0.4, -0.2) is 41.3 Å². The molecule has 0 aliphatic rings. The first kappa shape index (κ1) is 11.6. The summed E-state index contributed by atoms with van der Waals surface area (Å²) in [7, 11) is 1.66. The summed E-state index contributed by atoms with van der Waals surface area (Å²) in [5.41, 5.74) is 0. The van der Waals surface area contributed by atoms with Gasteiger partial charge in [-0.05, 0) is 19.8 Å². The predicted octanol–water partition coefficient (Wildman–Crippen LogP) is 0.270. The maximum atomic E-state index is 11.4. The highest BCUT2D eigenvalue weighted by atomic mass is 16.5. The molecule has 0 aliphatic carbocycles. The van der Waals surface area contributed by atoms with Gasteiger partial charge in [-0.3, -0.25) is 9.89 Å². The van der Waals surface area contributed by atoms with Crippen LogP contribution in [0, 0.1) is 6.92 Å². The van der Waals surface area contributed by atoms with Gasteiger partial charge >= 0.3 is 0 Å². The third-order valence-corrected chi connectivity index (χ3v) is 1.86. The molecule has 1 amide bonds. The van der Waals surface area contributed by atoms with Crippen LogP contribution in [0.4, 0.5) is 0 Å². The van der Waals surface area contributed by atoms with E-state index in [1.165, 1.54) is 0 Å². The molecule has 0 fully saturated rings. The number of hydrogen-bond donors (Lipinski definition) is 2. The third kappa shape index (κ3) is 4.07. The van der Waals surface area contributed by atoms with Crippen LogP contribution in [0.25, 0.3) is 0 Å². The Morgan fingerprint density at radius 1 is 1.53 bits per heavy atom. The number of aryl methyl sites for hydroxylation is 1. The Hall–Kier alpha value is -1.43. The molecule has 0 spiro atoms. The molecule has 0 radical (unpaired) electrons. The highest BCUT2D eigenvalue weighted by molar-refractivity contribution is 5.90. The van der Waals surface area contributed by atoms with Crippen molar-refractivity contribution in [3.8, 4) is 0 Å². The molecule has 15 heavy (non-hydrogen) atoms. The molecule has 2 N–H and O–H groups in total. The van der Waals surface area contributed by atoms with Crippen LogP contribution in [0.15, 0.2) is 0 Å². The molecule has 84 valence electrons. The zero-order valence-electron chi connectivity index (χ0n) is 9.04. The molecule has 0 unspecified atom stereocenters. The number of nitrogens with zero attached hydrogens (tertiary/aromatic N) is 2. The van der Waals surface area contributed by atoms with Gasteiger partial charge in [-0.25, -0.2) is 4.98 Å². The van der Waals surface area contributed by atoms with Crippen LogP contribution in [0.5, 0.6) is 0 Å². The van der Waals surface area contributed by atoms with E-state index in [9.17, 15) is 4.79 Å². The van der Waals surface area contributed by atoms with E-state index in [1.54, 1.807) is 14.0 Å². The van der Waals surface area contributed by atoms with Gasteiger partial charge in [0, 0.05) is 20.3 Å². The van der Waals surface area contributed by atoms with Crippen molar-refractivity contribution < 1.29 is 9.53 Å². The SMILES string of the molecule is COCCCCNC(=O)c1n[nH]c(C)n1. The Balaban J connectivity index is 2.19. The second-order valence-corrected chi connectivity index (χ2v) is 3.20. The normalized spacial score (nSPS) is 10.3. The van der Waals surface area contributed by atoms with Gasteiger partial charge in [0.25, 0.3) is 5.91 Å². The van der Waals surface area contributed by atoms with Crippen LogP contribution in [0.2, 0.25) is 0 Å². The van der Waals surface area contributed by atoms with Gasteiger partial charge in [0.15, 0.2) is 0 Å². The smallest absolute Gasteiger partial charge is 0.290 e. The molecule has 1 heterocycles. The summed E-state index contributed by atoms with van der Waals surface area (Å²) in [6.45, 7) is 3.09. The lowest BCUT2D eigenvalue weighted by atomic mass is 10.3. The van der Waals surface area contributed by atoms with E-state index >= 15 is 0 Å². The molecule has 0 bridgehead atoms. The van der Waals surface area contributed by atoms with Crippen molar-refractivity contribution in [1.82, 2.24) is 20.5 Å². The van der Waals surface area contributed by atoms with Crippen LogP contribution < -0.4 is 5.32 Å². The summed E-state index contributed by atoms with van der Waals surface area (Å²) < 4.78 is 4.89. The first-order chi connectivity index (χ1) is 7.24. The summed E-state index contributed by atoms with van der Waals surface area (Å²) in [4.78, 5) is 15.3. The molecule has 0 atom stereocenters. The van der Waals surface area contributed by atoms with Crippen molar-refractivity contribution in [2.24, 2.45) is 0 Å². The minimum Gasteiger partial charge on any atom is -0.385 e.